The van der Waals surface area contributed by atoms with Crippen molar-refractivity contribution >= 4 is 83.3 Å². The Balaban J connectivity index is 0.794. The van der Waals surface area contributed by atoms with Crippen molar-refractivity contribution in [2.75, 3.05) is 9.80 Å². The Labute approximate surface area is 555 Å². The van der Waals surface area contributed by atoms with Crippen LogP contribution in [0.4, 0.5) is 34.1 Å². The zero-order valence-corrected chi connectivity index (χ0v) is 52.9. The van der Waals surface area contributed by atoms with E-state index in [0.717, 1.165) is 61.7 Å². The third-order valence-corrected chi connectivity index (χ3v) is 18.7. The molecular weight excluding hydrogens is 1230 g/mol. The van der Waals surface area contributed by atoms with Crippen LogP contribution in [0.15, 0.2) is 275 Å². The Kier molecular flexibility index (Phi) is 14.3. The van der Waals surface area contributed by atoms with Gasteiger partial charge in [0.15, 0.2) is 17.3 Å². The highest BCUT2D eigenvalue weighted by atomic mass is 16.3. The maximum atomic E-state index is 14.8. The monoisotopic (exact) mass is 1290 g/mol. The molecule has 0 saturated heterocycles. The van der Waals surface area contributed by atoms with E-state index in [0.29, 0.717) is 31.9 Å². The first-order valence-electron chi connectivity index (χ1n) is 31.2. The first-order chi connectivity index (χ1) is 47.3. The predicted molar refractivity (Wildman–Crippen MR) is 382 cm³/mol. The molecule has 10 aromatic carbocycles. The quantitative estimate of drug-likeness (QED) is 0.0969. The topological polar surface area (TPSA) is 242 Å². The number of phenolic OH excluding ortho intramolecular Hbond substituents is 2. The van der Waals surface area contributed by atoms with E-state index >= 15 is 0 Å². The van der Waals surface area contributed by atoms with Gasteiger partial charge >= 0.3 is 0 Å². The van der Waals surface area contributed by atoms with Gasteiger partial charge in [-0.3, -0.25) is 38.4 Å². The van der Waals surface area contributed by atoms with Crippen molar-refractivity contribution in [2.45, 2.75) is 38.5 Å². The molecule has 0 amide bonds. The van der Waals surface area contributed by atoms with Gasteiger partial charge in [-0.25, -0.2) is 18.3 Å². The fourth-order valence-electron chi connectivity index (χ4n) is 13.3. The number of aromatic nitrogens is 7. The van der Waals surface area contributed by atoms with Crippen LogP contribution in [0.25, 0.3) is 72.4 Å². The van der Waals surface area contributed by atoms with Crippen molar-refractivity contribution in [1.82, 2.24) is 33.2 Å². The maximum Gasteiger partial charge on any atom is 0.268 e. The third-order valence-electron chi connectivity index (χ3n) is 18.7. The highest BCUT2D eigenvalue weighted by molar-refractivity contribution is 6.00. The zero-order valence-electron chi connectivity index (χ0n) is 52.9. The summed E-state index contributed by atoms with van der Waals surface area (Å²) in [6.07, 6.45) is 1.12. The van der Waals surface area contributed by atoms with E-state index in [-0.39, 0.29) is 82.5 Å². The summed E-state index contributed by atoms with van der Waals surface area (Å²) in [4.78, 5) is 133. The van der Waals surface area contributed by atoms with Gasteiger partial charge in [0, 0.05) is 33.6 Å². The van der Waals surface area contributed by atoms with Crippen LogP contribution in [-0.4, -0.2) is 43.4 Å². The lowest BCUT2D eigenvalue weighted by Crippen LogP contribution is -2.30. The Hall–Kier alpha value is -13.3. The SMILES string of the molecule is C=Cc1nc(-n2c(=O)c3cc4c(=O)n(-c5cccc(N(c6ccccc6)c6ccccc6)c5O)c(=O)c4cc3c2=O)nc(-n2c(=O)c3cc4c(=O)n(-c5cccc(N(c6ccc(C(C)(C)c7ccccc7)cc6)c6ccc(C(C)(C)c7ccccc7)cc6)c5O)c(=O)c4cc3c2=O)n1. The second-order valence-corrected chi connectivity index (χ2v) is 24.9. The van der Waals surface area contributed by atoms with Crippen molar-refractivity contribution in [3.63, 3.8) is 0 Å². The van der Waals surface area contributed by atoms with Crippen LogP contribution in [0.1, 0.15) is 55.8 Å². The lowest BCUT2D eigenvalue weighted by molar-refractivity contribution is 0.472. The minimum atomic E-state index is -1.04. The number of para-hydroxylation sites is 4. The van der Waals surface area contributed by atoms with Crippen molar-refractivity contribution in [3.05, 3.63) is 348 Å². The number of hydrogen-bond donors (Lipinski definition) is 2. The molecule has 0 atom stereocenters. The molecule has 0 spiro atoms. The highest BCUT2D eigenvalue weighted by Gasteiger charge is 2.31. The van der Waals surface area contributed by atoms with Crippen molar-refractivity contribution in [2.24, 2.45) is 0 Å². The van der Waals surface area contributed by atoms with Crippen LogP contribution >= 0.6 is 0 Å². The van der Waals surface area contributed by atoms with Crippen LogP contribution in [0.2, 0.25) is 0 Å². The Morgan fingerprint density at radius 1 is 0.327 bits per heavy atom. The number of benzene rings is 10. The molecule has 0 aliphatic rings. The van der Waals surface area contributed by atoms with E-state index in [1.54, 1.807) is 29.2 Å². The van der Waals surface area contributed by atoms with E-state index < -0.39 is 67.9 Å². The number of rotatable bonds is 15. The van der Waals surface area contributed by atoms with Gasteiger partial charge in [-0.1, -0.05) is 168 Å². The molecule has 15 aromatic rings. The Bertz CT molecular complexity index is 5940. The largest absolute Gasteiger partial charge is 0.504 e. The van der Waals surface area contributed by atoms with Crippen LogP contribution in [-0.2, 0) is 10.8 Å². The molecule has 0 saturated carbocycles. The van der Waals surface area contributed by atoms with E-state index in [1.165, 1.54) is 12.1 Å². The molecule has 0 bridgehead atoms. The summed E-state index contributed by atoms with van der Waals surface area (Å²) < 4.78 is 2.65. The fraction of sp³-hybridized carbons (Fsp3) is 0.0759. The molecule has 0 aliphatic heterocycles. The van der Waals surface area contributed by atoms with Crippen molar-refractivity contribution < 1.29 is 10.2 Å². The summed E-state index contributed by atoms with van der Waals surface area (Å²) in [7, 11) is 0. The van der Waals surface area contributed by atoms with E-state index in [4.69, 9.17) is 0 Å². The van der Waals surface area contributed by atoms with Crippen molar-refractivity contribution in [1.29, 1.82) is 0 Å². The molecule has 15 rings (SSSR count). The summed E-state index contributed by atoms with van der Waals surface area (Å²) in [5.74, 6) is -2.45. The predicted octanol–water partition coefficient (Wildman–Crippen LogP) is 11.9. The van der Waals surface area contributed by atoms with E-state index in [9.17, 15) is 48.6 Å². The highest BCUT2D eigenvalue weighted by Crippen LogP contribution is 2.45. The van der Waals surface area contributed by atoms with Crippen molar-refractivity contribution in [3.8, 4) is 34.8 Å². The number of aromatic hydroxyl groups is 2. The van der Waals surface area contributed by atoms with Crippen LogP contribution in [0.3, 0.4) is 0 Å². The average molecular weight is 1290 g/mol. The van der Waals surface area contributed by atoms with E-state index in [2.05, 4.69) is 73.5 Å². The van der Waals surface area contributed by atoms with Crippen LogP contribution < -0.4 is 54.3 Å². The maximum absolute atomic E-state index is 14.8. The van der Waals surface area contributed by atoms with Gasteiger partial charge in [0.2, 0.25) is 11.9 Å². The van der Waals surface area contributed by atoms with Gasteiger partial charge in [-0.05, 0) is 125 Å². The third kappa shape index (κ3) is 9.53. The Morgan fingerprint density at radius 2 is 0.592 bits per heavy atom. The molecule has 0 fully saturated rings. The minimum absolute atomic E-state index is 0.161. The normalized spacial score (nSPS) is 11.9. The molecule has 5 aromatic heterocycles. The van der Waals surface area contributed by atoms with Gasteiger partial charge in [0.1, 0.15) is 0 Å². The fourth-order valence-corrected chi connectivity index (χ4v) is 13.3. The summed E-state index contributed by atoms with van der Waals surface area (Å²) in [6, 6.07) is 68.2. The molecular formula is C79H55N9O10. The van der Waals surface area contributed by atoms with Gasteiger partial charge in [-0.15, -0.1) is 0 Å². The zero-order chi connectivity index (χ0) is 68.2. The second-order valence-electron chi connectivity index (χ2n) is 24.9. The van der Waals surface area contributed by atoms with Gasteiger partial charge in [0.05, 0.1) is 65.8 Å². The van der Waals surface area contributed by atoms with Crippen LogP contribution in [0, 0.1) is 0 Å². The number of hydrogen-bond acceptors (Lipinski definition) is 15. The number of nitrogens with zero attached hydrogens (tertiary/aromatic N) is 9. The molecule has 2 N–H and O–H groups in total. The Morgan fingerprint density at radius 3 is 0.888 bits per heavy atom. The second kappa shape index (κ2) is 23.0. The minimum Gasteiger partial charge on any atom is -0.504 e. The van der Waals surface area contributed by atoms with Gasteiger partial charge in [0.25, 0.3) is 44.5 Å². The lowest BCUT2D eigenvalue weighted by atomic mass is 9.78. The molecule has 19 heteroatoms. The van der Waals surface area contributed by atoms with Gasteiger partial charge < -0.3 is 20.0 Å². The number of anilines is 6. The summed E-state index contributed by atoms with van der Waals surface area (Å²) in [5, 5.41) is 22.3. The molecule has 0 radical (unpaired) electrons. The smallest absolute Gasteiger partial charge is 0.268 e. The number of fused-ring (bicyclic) bond motifs is 4. The lowest BCUT2D eigenvalue weighted by Gasteiger charge is -2.30. The first-order valence-corrected chi connectivity index (χ1v) is 31.2. The number of phenols is 2. The molecule has 5 heterocycles. The van der Waals surface area contributed by atoms with E-state index in [1.807, 2.05) is 150 Å². The summed E-state index contributed by atoms with van der Waals surface area (Å²) in [6.45, 7) is 12.3. The average Bonchev–Trinajstić information content (AvgIpc) is 1.59. The molecule has 0 aliphatic carbocycles. The summed E-state index contributed by atoms with van der Waals surface area (Å²) >= 11 is 0. The first kappa shape index (κ1) is 60.9. The molecule has 0 unspecified atom stereocenters. The van der Waals surface area contributed by atoms with Crippen LogP contribution in [0.5, 0.6) is 11.5 Å². The van der Waals surface area contributed by atoms with Gasteiger partial charge in [-0.2, -0.15) is 15.0 Å². The molecule has 19 nitrogen and oxygen atoms in total. The standard InChI is InChI=1S/C79H55N9O10/c1-6-65-80-76(87-72(95)57-41-53-54(42-58(57)73(87)96)69(92)85(68(53)91)63-31-19-29-61(66(63)89)83(49-25-15-9-16-26-49)50-27-17-10-18-28-50)82-77(81-65)88-74(97)59-43-55-56(44-60(59)75(88)98)71(94)86(70(55)93)64-32-20-30-62(67(64)90)84(51-37-33-47(34-38-51)78(2,3)45-21-11-7-12-22-45)52-39-35-48(36-40-52)79(4,5)46-23-13-8-14-24-46/h6-44,89-90H,1H2,2-5H3. The molecule has 98 heavy (non-hydrogen) atoms. The summed E-state index contributed by atoms with van der Waals surface area (Å²) in [5.41, 5.74) is -1.47. The molecule has 476 valence electrons.